The van der Waals surface area contributed by atoms with Crippen molar-refractivity contribution in [3.63, 3.8) is 0 Å². The first-order chi connectivity index (χ1) is 14.9. The Morgan fingerprint density at radius 3 is 2.81 bits per heavy atom. The summed E-state index contributed by atoms with van der Waals surface area (Å²) in [5, 5.41) is 23.2. The molecule has 31 heavy (non-hydrogen) atoms. The zero-order valence-electron chi connectivity index (χ0n) is 16.8. The third kappa shape index (κ3) is 2.84. The van der Waals surface area contributed by atoms with E-state index >= 15 is 0 Å². The monoisotopic (exact) mass is 436 g/mol. The van der Waals surface area contributed by atoms with Crippen LogP contribution in [0.3, 0.4) is 0 Å². The van der Waals surface area contributed by atoms with Gasteiger partial charge in [-0.3, -0.25) is 0 Å². The topological polar surface area (TPSA) is 136 Å². The van der Waals surface area contributed by atoms with Gasteiger partial charge in [0.25, 0.3) is 0 Å². The van der Waals surface area contributed by atoms with Crippen molar-refractivity contribution in [3.05, 3.63) is 42.4 Å². The van der Waals surface area contributed by atoms with Crippen LogP contribution in [-0.2, 0) is 6.42 Å². The molecular weight excluding hydrogens is 412 g/mol. The Morgan fingerprint density at radius 1 is 1.13 bits per heavy atom. The van der Waals surface area contributed by atoms with Crippen molar-refractivity contribution in [2.24, 2.45) is 11.3 Å². The zero-order valence-corrected chi connectivity index (χ0v) is 17.7. The van der Waals surface area contributed by atoms with Crippen molar-refractivity contribution < 1.29 is 10.2 Å². The molecular formula is C22H24N6O2S. The van der Waals surface area contributed by atoms with Crippen LogP contribution in [0.15, 0.2) is 36.8 Å². The average Bonchev–Trinajstić information content (AvgIpc) is 3.37. The van der Waals surface area contributed by atoms with E-state index in [0.717, 1.165) is 41.3 Å². The van der Waals surface area contributed by atoms with Gasteiger partial charge in [0.15, 0.2) is 5.13 Å². The van der Waals surface area contributed by atoms with Crippen molar-refractivity contribution >= 4 is 43.5 Å². The summed E-state index contributed by atoms with van der Waals surface area (Å²) < 4.78 is 3.05. The number of aromatic nitrogens is 4. The lowest BCUT2D eigenvalue weighted by atomic mass is 9.58. The summed E-state index contributed by atoms with van der Waals surface area (Å²) in [6.45, 7) is 0. The molecule has 0 aliphatic heterocycles. The Balaban J connectivity index is 1.20. The van der Waals surface area contributed by atoms with Gasteiger partial charge in [-0.2, -0.15) is 0 Å². The Bertz CT molecular complexity index is 1290. The maximum atomic E-state index is 10.9. The lowest BCUT2D eigenvalue weighted by molar-refractivity contribution is -0.0841. The summed E-state index contributed by atoms with van der Waals surface area (Å²) in [6.07, 6.45) is 5.21. The average molecular weight is 437 g/mol. The molecule has 1 spiro atoms. The Morgan fingerprint density at radius 2 is 1.97 bits per heavy atom. The largest absolute Gasteiger partial charge is 0.390 e. The number of thiazole rings is 1. The Kier molecular flexibility index (Phi) is 4.05. The summed E-state index contributed by atoms with van der Waals surface area (Å²) in [7, 11) is 0. The molecule has 2 saturated carbocycles. The molecule has 2 aliphatic rings. The lowest BCUT2D eigenvalue weighted by Crippen LogP contribution is -2.46. The molecule has 0 bridgehead atoms. The lowest BCUT2D eigenvalue weighted by Gasteiger charge is -2.48. The van der Waals surface area contributed by atoms with Crippen LogP contribution in [0.4, 0.5) is 10.9 Å². The molecule has 4 aromatic rings. The first-order valence-corrected chi connectivity index (χ1v) is 11.3. The highest BCUT2D eigenvalue weighted by atomic mass is 32.1. The quantitative estimate of drug-likeness (QED) is 0.387. The van der Waals surface area contributed by atoms with Crippen molar-refractivity contribution in [2.75, 3.05) is 11.5 Å². The van der Waals surface area contributed by atoms with Gasteiger partial charge in [0.05, 0.1) is 27.7 Å². The summed E-state index contributed by atoms with van der Waals surface area (Å²) in [4.78, 5) is 12.8. The number of anilines is 2. The van der Waals surface area contributed by atoms with Crippen LogP contribution in [0.2, 0.25) is 0 Å². The van der Waals surface area contributed by atoms with E-state index in [4.69, 9.17) is 11.5 Å². The second-order valence-corrected chi connectivity index (χ2v) is 10.2. The molecule has 0 saturated heterocycles. The minimum absolute atomic E-state index is 0.225. The molecule has 2 aliphatic carbocycles. The van der Waals surface area contributed by atoms with E-state index in [1.807, 2.05) is 16.8 Å². The number of nitrogens with two attached hydrogens (primary N) is 2. The molecule has 6 rings (SSSR count). The van der Waals surface area contributed by atoms with Gasteiger partial charge in [-0.25, -0.2) is 15.0 Å². The van der Waals surface area contributed by atoms with Gasteiger partial charge in [0.1, 0.15) is 23.9 Å². The van der Waals surface area contributed by atoms with Crippen LogP contribution in [0.1, 0.15) is 30.9 Å². The number of nitrogens with zero attached hydrogens (tertiary/aromatic N) is 4. The van der Waals surface area contributed by atoms with E-state index in [1.54, 1.807) is 0 Å². The molecule has 3 aromatic heterocycles. The summed E-state index contributed by atoms with van der Waals surface area (Å²) in [6, 6.07) is 7.99. The second kappa shape index (κ2) is 6.62. The number of rotatable bonds is 3. The SMILES string of the molecule is Nc1nc2cc(C[C@H]3C[C@]4(C[C@@H](n5ccc6c(N)ncnc65)[C@H](O)[C@@H]4O)C3)ccc2s1. The highest BCUT2D eigenvalue weighted by molar-refractivity contribution is 7.22. The number of benzene rings is 1. The van der Waals surface area contributed by atoms with Gasteiger partial charge < -0.3 is 26.2 Å². The molecule has 1 aromatic carbocycles. The standard InChI is InChI=1S/C22H24N6O2S/c23-19-13-3-4-28(20(13)26-10-25-19)15-9-22(18(30)17(15)29)7-12(8-22)5-11-1-2-16-14(6-11)27-21(24)31-16/h1-4,6,10,12,15,17-18,29-30H,5,7-9H2,(H2,24,27)(H2,23,25,26)/t12-,15-,17+,18+,22+/m1/s1. The van der Waals surface area contributed by atoms with Crippen LogP contribution < -0.4 is 11.5 Å². The molecule has 0 amide bonds. The molecule has 8 nitrogen and oxygen atoms in total. The van der Waals surface area contributed by atoms with Crippen molar-refractivity contribution in [2.45, 2.75) is 43.9 Å². The first kappa shape index (κ1) is 19.0. The fraction of sp³-hybridized carbons (Fsp3) is 0.409. The number of hydrogen-bond donors (Lipinski definition) is 4. The smallest absolute Gasteiger partial charge is 0.181 e. The minimum Gasteiger partial charge on any atom is -0.390 e. The van der Waals surface area contributed by atoms with E-state index < -0.39 is 12.2 Å². The van der Waals surface area contributed by atoms with Gasteiger partial charge in [0, 0.05) is 11.6 Å². The highest BCUT2D eigenvalue weighted by Gasteiger charge is 2.59. The number of hydrogen-bond acceptors (Lipinski definition) is 8. The molecule has 9 heteroatoms. The predicted molar refractivity (Wildman–Crippen MR) is 121 cm³/mol. The number of aliphatic hydroxyl groups excluding tert-OH is 2. The number of nitrogen functional groups attached to an aromatic ring is 2. The minimum atomic E-state index is -0.831. The predicted octanol–water partition coefficient (Wildman–Crippen LogP) is 2.51. The zero-order chi connectivity index (χ0) is 21.3. The third-order valence-electron chi connectivity index (χ3n) is 7.24. The maximum Gasteiger partial charge on any atom is 0.181 e. The maximum absolute atomic E-state index is 10.9. The van der Waals surface area contributed by atoms with Crippen LogP contribution in [0.25, 0.3) is 21.3 Å². The Hall–Kier alpha value is -2.75. The molecule has 6 N–H and O–H groups in total. The van der Waals surface area contributed by atoms with Crippen molar-refractivity contribution in [1.29, 1.82) is 0 Å². The molecule has 0 unspecified atom stereocenters. The molecule has 3 atom stereocenters. The fourth-order valence-corrected chi connectivity index (χ4v) is 6.56. The normalized spacial score (nSPS) is 30.4. The van der Waals surface area contributed by atoms with Crippen LogP contribution in [0, 0.1) is 11.3 Å². The molecule has 160 valence electrons. The van der Waals surface area contributed by atoms with E-state index in [1.165, 1.54) is 23.2 Å². The van der Waals surface area contributed by atoms with E-state index in [2.05, 4.69) is 33.2 Å². The van der Waals surface area contributed by atoms with Crippen molar-refractivity contribution in [3.8, 4) is 0 Å². The summed E-state index contributed by atoms with van der Waals surface area (Å²) in [5.74, 6) is 0.905. The van der Waals surface area contributed by atoms with Gasteiger partial charge in [-0.05, 0) is 55.4 Å². The van der Waals surface area contributed by atoms with Gasteiger partial charge in [-0.1, -0.05) is 17.4 Å². The van der Waals surface area contributed by atoms with Crippen LogP contribution in [0.5, 0.6) is 0 Å². The second-order valence-electron chi connectivity index (χ2n) is 9.12. The van der Waals surface area contributed by atoms with E-state index in [0.29, 0.717) is 22.5 Å². The van der Waals surface area contributed by atoms with Crippen molar-refractivity contribution in [1.82, 2.24) is 19.5 Å². The molecule has 0 radical (unpaired) electrons. The van der Waals surface area contributed by atoms with E-state index in [-0.39, 0.29) is 11.5 Å². The van der Waals surface area contributed by atoms with Crippen LogP contribution in [-0.4, -0.2) is 41.9 Å². The summed E-state index contributed by atoms with van der Waals surface area (Å²) >= 11 is 1.50. The van der Waals surface area contributed by atoms with Crippen LogP contribution >= 0.6 is 11.3 Å². The van der Waals surface area contributed by atoms with Gasteiger partial charge in [-0.15, -0.1) is 0 Å². The molecule has 3 heterocycles. The fourth-order valence-electron chi connectivity index (χ4n) is 5.85. The number of fused-ring (bicyclic) bond motifs is 2. The Labute approximate surface area is 182 Å². The summed E-state index contributed by atoms with van der Waals surface area (Å²) in [5.41, 5.74) is 14.4. The number of aliphatic hydroxyl groups is 2. The third-order valence-corrected chi connectivity index (χ3v) is 8.11. The van der Waals surface area contributed by atoms with E-state index in [9.17, 15) is 10.2 Å². The van der Waals surface area contributed by atoms with Gasteiger partial charge >= 0.3 is 0 Å². The van der Waals surface area contributed by atoms with Gasteiger partial charge in [0.2, 0.25) is 0 Å². The first-order valence-electron chi connectivity index (χ1n) is 10.5. The molecule has 2 fully saturated rings. The highest BCUT2D eigenvalue weighted by Crippen LogP contribution is 2.60.